The van der Waals surface area contributed by atoms with E-state index in [9.17, 15) is 19.5 Å². The fourth-order valence-electron chi connectivity index (χ4n) is 6.15. The summed E-state index contributed by atoms with van der Waals surface area (Å²) in [6.45, 7) is 4.68. The van der Waals surface area contributed by atoms with E-state index in [1.165, 1.54) is 96.3 Å². The lowest BCUT2D eigenvalue weighted by molar-refractivity contribution is -0.887. The number of allylic oxidation sites excluding steroid dienone is 2. The Bertz CT molecular complexity index is 838. The molecule has 0 aliphatic carbocycles. The monoisotopic (exact) mass is 711 g/mol. The highest BCUT2D eigenvalue weighted by Gasteiger charge is 2.31. The van der Waals surface area contributed by atoms with E-state index >= 15 is 0 Å². The highest BCUT2D eigenvalue weighted by Crippen LogP contribution is 2.15. The van der Waals surface area contributed by atoms with Crippen molar-refractivity contribution < 1.29 is 38.2 Å². The van der Waals surface area contributed by atoms with Gasteiger partial charge in [0.2, 0.25) is 0 Å². The van der Waals surface area contributed by atoms with Crippen LogP contribution >= 0.6 is 0 Å². The van der Waals surface area contributed by atoms with Crippen molar-refractivity contribution in [3.63, 3.8) is 0 Å². The predicted molar refractivity (Wildman–Crippen MR) is 206 cm³/mol. The first-order valence-corrected chi connectivity index (χ1v) is 20.7. The highest BCUT2D eigenvalue weighted by molar-refractivity contribution is 5.72. The van der Waals surface area contributed by atoms with E-state index in [4.69, 9.17) is 14.2 Å². The zero-order chi connectivity index (χ0) is 37.1. The largest absolute Gasteiger partial charge is 0.477 e. The van der Waals surface area contributed by atoms with Crippen LogP contribution in [0.15, 0.2) is 12.2 Å². The smallest absolute Gasteiger partial charge is 0.362 e. The van der Waals surface area contributed by atoms with E-state index in [1.807, 2.05) is 21.1 Å². The second-order valence-electron chi connectivity index (χ2n) is 15.2. The minimum Gasteiger partial charge on any atom is -0.477 e. The summed E-state index contributed by atoms with van der Waals surface area (Å²) in [6.07, 6.45) is 34.0. The first-order valence-electron chi connectivity index (χ1n) is 20.7. The Morgan fingerprint density at radius 1 is 0.580 bits per heavy atom. The van der Waals surface area contributed by atoms with Crippen LogP contribution in [-0.4, -0.2) is 80.6 Å². The lowest BCUT2D eigenvalue weighted by atomic mass is 10.0. The van der Waals surface area contributed by atoms with Gasteiger partial charge in [0, 0.05) is 19.3 Å². The summed E-state index contributed by atoms with van der Waals surface area (Å²) in [7, 11) is 5.52. The molecule has 0 aliphatic heterocycles. The number of nitrogens with zero attached hydrogens (tertiary/aromatic N) is 1. The minimum absolute atomic E-state index is 0.0489. The Morgan fingerprint density at radius 2 is 1.04 bits per heavy atom. The van der Waals surface area contributed by atoms with Gasteiger partial charge in [0.25, 0.3) is 0 Å². The van der Waals surface area contributed by atoms with Gasteiger partial charge < -0.3 is 23.8 Å². The van der Waals surface area contributed by atoms with Crippen molar-refractivity contribution in [1.82, 2.24) is 0 Å². The highest BCUT2D eigenvalue weighted by atomic mass is 16.6. The zero-order valence-corrected chi connectivity index (χ0v) is 33.4. The summed E-state index contributed by atoms with van der Waals surface area (Å²) in [5.74, 6) is -1.47. The molecular formula is C42H80NO7+. The molecule has 8 nitrogen and oxygen atoms in total. The van der Waals surface area contributed by atoms with Gasteiger partial charge in [-0.05, 0) is 32.1 Å². The number of hydrogen-bond donors (Lipinski definition) is 1. The van der Waals surface area contributed by atoms with Crippen molar-refractivity contribution in [3.05, 3.63) is 12.2 Å². The molecule has 0 aromatic rings. The number of quaternary nitrogens is 1. The average molecular weight is 711 g/mol. The minimum atomic E-state index is -0.875. The standard InChI is InChI=1S/C42H79NO7/c1-6-8-10-12-14-16-18-19-20-21-22-23-25-26-28-30-32-40(44)49-37-38(36-48-35-34-39(42(46)47)43(3,4)5)50-41(45)33-31-29-27-24-17-15-13-11-9-7-2/h11,13,38-39H,6-10,12,14-37H2,1-5H3/p+1/b13-11-. The molecule has 50 heavy (non-hydrogen) atoms. The zero-order valence-electron chi connectivity index (χ0n) is 33.4. The maximum atomic E-state index is 12.6. The number of carbonyl (C=O) groups is 3. The molecule has 8 heteroatoms. The molecule has 0 spiro atoms. The molecule has 294 valence electrons. The summed E-state index contributed by atoms with van der Waals surface area (Å²) < 4.78 is 17.2. The van der Waals surface area contributed by atoms with Gasteiger partial charge in [-0.25, -0.2) is 4.79 Å². The van der Waals surface area contributed by atoms with E-state index in [0.717, 1.165) is 57.8 Å². The summed E-state index contributed by atoms with van der Waals surface area (Å²) in [4.78, 5) is 36.8. The van der Waals surface area contributed by atoms with Crippen molar-refractivity contribution in [2.45, 2.75) is 199 Å². The third kappa shape index (κ3) is 32.0. The number of unbranched alkanes of at least 4 members (excludes halogenated alkanes) is 21. The van der Waals surface area contributed by atoms with Crippen LogP contribution in [0, 0.1) is 0 Å². The quantitative estimate of drug-likeness (QED) is 0.0296. The van der Waals surface area contributed by atoms with Gasteiger partial charge >= 0.3 is 17.9 Å². The topological polar surface area (TPSA) is 99.1 Å². The van der Waals surface area contributed by atoms with Crippen LogP contribution in [0.1, 0.15) is 187 Å². The molecule has 0 aliphatic rings. The number of carbonyl (C=O) groups excluding carboxylic acids is 2. The molecular weight excluding hydrogens is 630 g/mol. The van der Waals surface area contributed by atoms with Crippen molar-refractivity contribution in [1.29, 1.82) is 0 Å². The van der Waals surface area contributed by atoms with Gasteiger partial charge in [-0.3, -0.25) is 9.59 Å². The molecule has 0 radical (unpaired) electrons. The molecule has 0 saturated carbocycles. The third-order valence-electron chi connectivity index (χ3n) is 9.40. The van der Waals surface area contributed by atoms with Gasteiger partial charge in [0.05, 0.1) is 34.4 Å². The van der Waals surface area contributed by atoms with Crippen LogP contribution < -0.4 is 0 Å². The van der Waals surface area contributed by atoms with Crippen LogP contribution in [0.25, 0.3) is 0 Å². The van der Waals surface area contributed by atoms with Crippen molar-refractivity contribution >= 4 is 17.9 Å². The molecule has 0 heterocycles. The first-order chi connectivity index (χ1) is 24.1. The van der Waals surface area contributed by atoms with E-state index in [0.29, 0.717) is 19.3 Å². The molecule has 0 aromatic heterocycles. The summed E-state index contributed by atoms with van der Waals surface area (Å²) >= 11 is 0. The lowest BCUT2D eigenvalue weighted by Crippen LogP contribution is -2.50. The van der Waals surface area contributed by atoms with Crippen molar-refractivity contribution in [3.8, 4) is 0 Å². The second kappa shape index (κ2) is 34.2. The van der Waals surface area contributed by atoms with Crippen molar-refractivity contribution in [2.75, 3.05) is 41.0 Å². The van der Waals surface area contributed by atoms with Gasteiger partial charge in [0.15, 0.2) is 12.1 Å². The predicted octanol–water partition coefficient (Wildman–Crippen LogP) is 10.7. The number of carboxylic acids is 1. The molecule has 0 saturated heterocycles. The van der Waals surface area contributed by atoms with E-state index in [-0.39, 0.29) is 36.2 Å². The Kier molecular flexibility index (Phi) is 32.9. The van der Waals surface area contributed by atoms with Gasteiger partial charge in [-0.2, -0.15) is 0 Å². The lowest BCUT2D eigenvalue weighted by Gasteiger charge is -2.31. The molecule has 0 rings (SSSR count). The normalized spacial score (nSPS) is 13.1. The van der Waals surface area contributed by atoms with Crippen LogP contribution in [0.3, 0.4) is 0 Å². The van der Waals surface area contributed by atoms with Crippen LogP contribution in [0.2, 0.25) is 0 Å². The van der Waals surface area contributed by atoms with E-state index in [1.54, 1.807) is 0 Å². The van der Waals surface area contributed by atoms with Gasteiger partial charge in [0.1, 0.15) is 6.61 Å². The molecule has 0 fully saturated rings. The third-order valence-corrected chi connectivity index (χ3v) is 9.40. The fraction of sp³-hybridized carbons (Fsp3) is 0.881. The number of rotatable bonds is 37. The first kappa shape index (κ1) is 48.1. The summed E-state index contributed by atoms with van der Waals surface area (Å²) in [6, 6.07) is -0.610. The van der Waals surface area contributed by atoms with Crippen LogP contribution in [-0.2, 0) is 28.6 Å². The molecule has 1 N–H and O–H groups in total. The summed E-state index contributed by atoms with van der Waals surface area (Å²) in [5, 5.41) is 9.59. The number of ether oxygens (including phenoxy) is 3. The van der Waals surface area contributed by atoms with Gasteiger partial charge in [-0.1, -0.05) is 148 Å². The van der Waals surface area contributed by atoms with Crippen molar-refractivity contribution in [2.24, 2.45) is 0 Å². The maximum Gasteiger partial charge on any atom is 0.362 e. The SMILES string of the molecule is CCC/C=C\CCCCCCCC(=O)OC(COCCC(C(=O)O)[N+](C)(C)C)COC(=O)CCCCCCCCCCCCCCCCCC. The maximum absolute atomic E-state index is 12.6. The van der Waals surface area contributed by atoms with Crippen LogP contribution in [0.4, 0.5) is 0 Å². The Morgan fingerprint density at radius 3 is 1.52 bits per heavy atom. The summed E-state index contributed by atoms with van der Waals surface area (Å²) in [5.41, 5.74) is 0. The fourth-order valence-corrected chi connectivity index (χ4v) is 6.15. The molecule has 2 unspecified atom stereocenters. The number of hydrogen-bond acceptors (Lipinski definition) is 6. The number of aliphatic carboxylic acids is 1. The molecule has 2 atom stereocenters. The molecule has 0 bridgehead atoms. The second-order valence-corrected chi connectivity index (χ2v) is 15.2. The van der Waals surface area contributed by atoms with Gasteiger partial charge in [-0.15, -0.1) is 0 Å². The Balaban J connectivity index is 4.30. The molecule has 0 amide bonds. The number of likely N-dealkylation sites (N-methyl/N-ethyl adjacent to an activating group) is 1. The Hall–Kier alpha value is -1.93. The average Bonchev–Trinajstić information content (AvgIpc) is 3.06. The Labute approximate surface area is 308 Å². The number of carboxylic acid groups (broad SMARTS) is 1. The number of esters is 2. The van der Waals surface area contributed by atoms with Crippen LogP contribution in [0.5, 0.6) is 0 Å². The van der Waals surface area contributed by atoms with E-state index < -0.39 is 18.1 Å². The molecule has 0 aromatic carbocycles. The van der Waals surface area contributed by atoms with E-state index in [2.05, 4.69) is 26.0 Å².